The van der Waals surface area contributed by atoms with Gasteiger partial charge in [0.2, 0.25) is 0 Å². The van der Waals surface area contributed by atoms with Crippen LogP contribution in [0.1, 0.15) is 22.3 Å². The van der Waals surface area contributed by atoms with Crippen LogP contribution < -0.4 is 20.3 Å². The first kappa shape index (κ1) is 21.4. The van der Waals surface area contributed by atoms with Crippen molar-refractivity contribution < 1.29 is 19.2 Å². The van der Waals surface area contributed by atoms with Crippen LogP contribution in [0.2, 0.25) is 0 Å². The zero-order valence-electron chi connectivity index (χ0n) is 17.5. The molecular weight excluding hydrogens is 354 g/mol. The lowest BCUT2D eigenvalue weighted by molar-refractivity contribution is -0.862. The first-order chi connectivity index (χ1) is 13.2. The van der Waals surface area contributed by atoms with E-state index < -0.39 is 0 Å². The van der Waals surface area contributed by atoms with Gasteiger partial charge in [-0.2, -0.15) is 0 Å². The van der Waals surface area contributed by atoms with Crippen LogP contribution in [0.4, 0.5) is 11.4 Å². The molecule has 0 radical (unpaired) electrons. The summed E-state index contributed by atoms with van der Waals surface area (Å²) >= 11 is 0. The average Bonchev–Trinajstić information content (AvgIpc) is 2.58. The van der Waals surface area contributed by atoms with Gasteiger partial charge in [-0.25, -0.2) is 0 Å². The zero-order chi connectivity index (χ0) is 20.8. The number of carbonyl (C=O) groups excluding carboxylic acids is 2. The van der Waals surface area contributed by atoms with Crippen molar-refractivity contribution in [3.63, 3.8) is 0 Å². The Hall–Kier alpha value is -2.86. The minimum atomic E-state index is -0.170. The van der Waals surface area contributed by atoms with E-state index in [4.69, 9.17) is 4.74 Å². The molecule has 150 valence electrons. The highest BCUT2D eigenvalue weighted by Gasteiger charge is 2.17. The lowest BCUT2D eigenvalue weighted by atomic mass is 10.1. The first-order valence-electron chi connectivity index (χ1n) is 9.33. The molecule has 2 amide bonds. The second-order valence-corrected chi connectivity index (χ2v) is 7.38. The molecule has 3 N–H and O–H groups in total. The molecule has 0 aliphatic carbocycles. The number of amides is 2. The summed E-state index contributed by atoms with van der Waals surface area (Å²) in [5, 5.41) is 5.84. The predicted molar refractivity (Wildman–Crippen MR) is 112 cm³/mol. The van der Waals surface area contributed by atoms with Gasteiger partial charge in [0.1, 0.15) is 5.75 Å². The Morgan fingerprint density at radius 2 is 1.46 bits per heavy atom. The fraction of sp³-hybridized carbons (Fsp3) is 0.364. The Morgan fingerprint density at radius 1 is 0.893 bits per heavy atom. The molecule has 28 heavy (non-hydrogen) atoms. The fourth-order valence-electron chi connectivity index (χ4n) is 3.29. The molecule has 0 aromatic heterocycles. The van der Waals surface area contributed by atoms with E-state index in [1.165, 1.54) is 5.56 Å². The van der Waals surface area contributed by atoms with E-state index in [1.54, 1.807) is 7.11 Å². The molecular formula is C22H30N3O3+. The molecule has 0 bridgehead atoms. The van der Waals surface area contributed by atoms with E-state index >= 15 is 0 Å². The summed E-state index contributed by atoms with van der Waals surface area (Å²) in [5.74, 6) is 0.324. The molecule has 0 saturated heterocycles. The molecule has 2 rings (SSSR count). The van der Waals surface area contributed by atoms with Crippen molar-refractivity contribution in [1.82, 2.24) is 0 Å². The number of ether oxygens (including phenoxy) is 1. The molecule has 0 aliphatic rings. The lowest BCUT2D eigenvalue weighted by Gasteiger charge is -2.17. The summed E-state index contributed by atoms with van der Waals surface area (Å²) in [7, 11) is 3.39. The van der Waals surface area contributed by atoms with Crippen LogP contribution in [0, 0.1) is 27.7 Å². The Bertz CT molecular complexity index is 854. The lowest BCUT2D eigenvalue weighted by Crippen LogP contribution is -3.11. The number of rotatable bonds is 7. The minimum Gasteiger partial charge on any atom is -0.495 e. The number of aryl methyl sites for hydroxylation is 4. The van der Waals surface area contributed by atoms with Crippen molar-refractivity contribution in [3.05, 3.63) is 52.6 Å². The molecule has 2 aromatic carbocycles. The number of hydrogen-bond donors (Lipinski definition) is 3. The molecule has 1 atom stereocenters. The maximum absolute atomic E-state index is 12.4. The van der Waals surface area contributed by atoms with Crippen LogP contribution in [-0.2, 0) is 9.59 Å². The number of benzene rings is 2. The van der Waals surface area contributed by atoms with Crippen molar-refractivity contribution >= 4 is 23.2 Å². The second-order valence-electron chi connectivity index (χ2n) is 7.38. The van der Waals surface area contributed by atoms with E-state index in [9.17, 15) is 9.59 Å². The van der Waals surface area contributed by atoms with Gasteiger partial charge in [0.05, 0.1) is 19.8 Å². The molecule has 0 heterocycles. The van der Waals surface area contributed by atoms with Gasteiger partial charge in [-0.1, -0.05) is 23.8 Å². The third kappa shape index (κ3) is 5.82. The Balaban J connectivity index is 1.93. The van der Waals surface area contributed by atoms with E-state index in [-0.39, 0.29) is 24.9 Å². The number of likely N-dealkylation sites (N-methyl/N-ethyl adjacent to an activating group) is 1. The maximum Gasteiger partial charge on any atom is 0.279 e. The van der Waals surface area contributed by atoms with Crippen molar-refractivity contribution in [3.8, 4) is 5.75 Å². The van der Waals surface area contributed by atoms with Crippen LogP contribution >= 0.6 is 0 Å². The van der Waals surface area contributed by atoms with E-state index in [0.29, 0.717) is 11.4 Å². The number of carbonyl (C=O) groups is 2. The van der Waals surface area contributed by atoms with Crippen molar-refractivity contribution in [2.45, 2.75) is 27.7 Å². The first-order valence-corrected chi connectivity index (χ1v) is 9.33. The van der Waals surface area contributed by atoms with Crippen LogP contribution in [0.25, 0.3) is 0 Å². The SMILES string of the molecule is COc1ccc(C)cc1NC(=O)C[NH+](C)CC(=O)Nc1c(C)cc(C)cc1C. The number of quaternary nitrogens is 1. The van der Waals surface area contributed by atoms with E-state index in [2.05, 4.69) is 10.6 Å². The zero-order valence-corrected chi connectivity index (χ0v) is 17.5. The maximum atomic E-state index is 12.4. The minimum absolute atomic E-state index is 0.117. The Morgan fingerprint density at radius 3 is 2.04 bits per heavy atom. The summed E-state index contributed by atoms with van der Waals surface area (Å²) in [6, 6.07) is 9.69. The smallest absolute Gasteiger partial charge is 0.279 e. The fourth-order valence-corrected chi connectivity index (χ4v) is 3.29. The molecule has 6 heteroatoms. The van der Waals surface area contributed by atoms with Gasteiger partial charge in [0, 0.05) is 5.69 Å². The Kier molecular flexibility index (Phi) is 7.18. The van der Waals surface area contributed by atoms with Gasteiger partial charge < -0.3 is 20.3 Å². The van der Waals surface area contributed by atoms with Gasteiger partial charge in [0.15, 0.2) is 13.1 Å². The second kappa shape index (κ2) is 9.37. The molecule has 6 nitrogen and oxygen atoms in total. The average molecular weight is 385 g/mol. The van der Waals surface area contributed by atoms with Crippen LogP contribution in [0.3, 0.4) is 0 Å². The number of methoxy groups -OCH3 is 1. The highest BCUT2D eigenvalue weighted by Crippen LogP contribution is 2.25. The van der Waals surface area contributed by atoms with Crippen LogP contribution in [0.5, 0.6) is 5.75 Å². The summed E-state index contributed by atoms with van der Waals surface area (Å²) in [4.78, 5) is 25.6. The molecule has 0 aliphatic heterocycles. The molecule has 0 spiro atoms. The van der Waals surface area contributed by atoms with Gasteiger partial charge >= 0.3 is 0 Å². The van der Waals surface area contributed by atoms with Gasteiger partial charge in [-0.05, 0) is 56.5 Å². The summed E-state index contributed by atoms with van der Waals surface area (Å²) < 4.78 is 5.28. The monoisotopic (exact) mass is 384 g/mol. The number of hydrogen-bond acceptors (Lipinski definition) is 3. The van der Waals surface area contributed by atoms with E-state index in [0.717, 1.165) is 27.3 Å². The molecule has 1 unspecified atom stereocenters. The number of nitrogens with one attached hydrogen (secondary N) is 3. The van der Waals surface area contributed by atoms with Gasteiger partial charge in [0.25, 0.3) is 11.8 Å². The van der Waals surface area contributed by atoms with Crippen molar-refractivity contribution in [2.24, 2.45) is 0 Å². The van der Waals surface area contributed by atoms with Gasteiger partial charge in [-0.15, -0.1) is 0 Å². The predicted octanol–water partition coefficient (Wildman–Crippen LogP) is 2.02. The van der Waals surface area contributed by atoms with E-state index in [1.807, 2.05) is 65.1 Å². The summed E-state index contributed by atoms with van der Waals surface area (Å²) in [6.45, 7) is 8.32. The van der Waals surface area contributed by atoms with Crippen molar-refractivity contribution in [1.29, 1.82) is 0 Å². The Labute approximate surface area is 166 Å². The highest BCUT2D eigenvalue weighted by molar-refractivity contribution is 5.94. The number of anilines is 2. The summed E-state index contributed by atoms with van der Waals surface area (Å²) in [6.07, 6.45) is 0. The van der Waals surface area contributed by atoms with Crippen LogP contribution in [-0.4, -0.2) is 39.1 Å². The topological polar surface area (TPSA) is 71.9 Å². The molecule has 0 fully saturated rings. The van der Waals surface area contributed by atoms with Crippen LogP contribution in [0.15, 0.2) is 30.3 Å². The summed E-state index contributed by atoms with van der Waals surface area (Å²) in [5.41, 5.74) is 5.74. The molecule has 0 saturated carbocycles. The third-order valence-electron chi connectivity index (χ3n) is 4.50. The normalized spacial score (nSPS) is 11.6. The van der Waals surface area contributed by atoms with Gasteiger partial charge in [-0.3, -0.25) is 9.59 Å². The largest absolute Gasteiger partial charge is 0.495 e. The standard InChI is InChI=1S/C22H29N3O3/c1-14-7-8-19(28-6)18(11-14)23-20(26)12-25(5)13-21(27)24-22-16(3)9-15(2)10-17(22)4/h7-11H,12-13H2,1-6H3,(H,23,26)(H,24,27)/p+1. The highest BCUT2D eigenvalue weighted by atomic mass is 16.5. The quantitative estimate of drug-likeness (QED) is 0.684. The van der Waals surface area contributed by atoms with Crippen molar-refractivity contribution in [2.75, 3.05) is 37.9 Å². The third-order valence-corrected chi connectivity index (χ3v) is 4.50. The molecule has 2 aromatic rings.